The number of nitrogens with zero attached hydrogens (tertiary/aromatic N) is 2. The molecule has 2 amide bonds. The number of hydrogen-bond donors (Lipinski definition) is 1. The van der Waals surface area contributed by atoms with Gasteiger partial charge >= 0.3 is 12.0 Å². The zero-order chi connectivity index (χ0) is 14.7. The van der Waals surface area contributed by atoms with Gasteiger partial charge in [-0.15, -0.1) is 0 Å². The van der Waals surface area contributed by atoms with Crippen LogP contribution in [-0.2, 0) is 4.79 Å². The first-order chi connectivity index (χ1) is 9.56. The number of likely N-dealkylation sites (tertiary alicyclic amines) is 1. The number of hydrogen-bond acceptors (Lipinski definition) is 2. The molecule has 1 aliphatic heterocycles. The van der Waals surface area contributed by atoms with Crippen molar-refractivity contribution in [3.05, 3.63) is 30.1 Å². The Kier molecular flexibility index (Phi) is 4.22. The van der Waals surface area contributed by atoms with Gasteiger partial charge in [0.25, 0.3) is 0 Å². The molecular formula is C14H17FN2O3. The smallest absolute Gasteiger partial charge is 0.326 e. The molecule has 1 N–H and O–H groups in total. The van der Waals surface area contributed by atoms with Crippen molar-refractivity contribution in [2.75, 3.05) is 18.0 Å². The van der Waals surface area contributed by atoms with Gasteiger partial charge in [0.1, 0.15) is 11.9 Å². The van der Waals surface area contributed by atoms with Crippen molar-refractivity contribution in [3.8, 4) is 0 Å². The van der Waals surface area contributed by atoms with Gasteiger partial charge in [0.05, 0.1) is 5.69 Å². The molecule has 1 aliphatic rings. The van der Waals surface area contributed by atoms with Crippen LogP contribution in [0.4, 0.5) is 14.9 Å². The second-order valence-electron chi connectivity index (χ2n) is 4.67. The van der Waals surface area contributed by atoms with Crippen LogP contribution in [0.2, 0.25) is 0 Å². The van der Waals surface area contributed by atoms with Gasteiger partial charge < -0.3 is 10.0 Å². The summed E-state index contributed by atoms with van der Waals surface area (Å²) in [5.41, 5.74) is 0.177. The van der Waals surface area contributed by atoms with E-state index in [2.05, 4.69) is 0 Å². The summed E-state index contributed by atoms with van der Waals surface area (Å²) >= 11 is 0. The van der Waals surface area contributed by atoms with Crippen LogP contribution in [-0.4, -0.2) is 41.1 Å². The summed E-state index contributed by atoms with van der Waals surface area (Å²) < 4.78 is 13.8. The SMILES string of the molecule is CCN(C(=O)N1CCC[C@@H]1C(=O)O)c1ccccc1F. The van der Waals surface area contributed by atoms with Crippen LogP contribution in [0.3, 0.4) is 0 Å². The zero-order valence-electron chi connectivity index (χ0n) is 11.3. The minimum Gasteiger partial charge on any atom is -0.480 e. The molecule has 0 aliphatic carbocycles. The maximum absolute atomic E-state index is 13.8. The first kappa shape index (κ1) is 14.3. The van der Waals surface area contributed by atoms with E-state index in [0.717, 1.165) is 0 Å². The fourth-order valence-corrected chi connectivity index (χ4v) is 2.49. The molecule has 5 nitrogen and oxygen atoms in total. The number of carbonyl (C=O) groups excluding carboxylic acids is 1. The molecule has 20 heavy (non-hydrogen) atoms. The van der Waals surface area contributed by atoms with E-state index < -0.39 is 23.9 Å². The average Bonchev–Trinajstić information content (AvgIpc) is 2.91. The molecule has 1 fully saturated rings. The lowest BCUT2D eigenvalue weighted by molar-refractivity contribution is -0.141. The van der Waals surface area contributed by atoms with Crippen LogP contribution in [0.1, 0.15) is 19.8 Å². The topological polar surface area (TPSA) is 60.9 Å². The molecular weight excluding hydrogens is 263 g/mol. The molecule has 6 heteroatoms. The Labute approximate surface area is 116 Å². The summed E-state index contributed by atoms with van der Waals surface area (Å²) in [5, 5.41) is 9.13. The molecule has 0 bridgehead atoms. The molecule has 108 valence electrons. The van der Waals surface area contributed by atoms with Crippen molar-refractivity contribution in [3.63, 3.8) is 0 Å². The van der Waals surface area contributed by atoms with Gasteiger partial charge in [-0.3, -0.25) is 4.90 Å². The number of benzene rings is 1. The van der Waals surface area contributed by atoms with Crippen LogP contribution in [0.5, 0.6) is 0 Å². The predicted octanol–water partition coefficient (Wildman–Crippen LogP) is 2.32. The van der Waals surface area contributed by atoms with Crippen molar-refractivity contribution >= 4 is 17.7 Å². The Morgan fingerprint density at radius 2 is 2.15 bits per heavy atom. The van der Waals surface area contributed by atoms with E-state index in [1.807, 2.05) is 0 Å². The standard InChI is InChI=1S/C14H17FN2O3/c1-2-16(11-7-4-3-6-10(11)15)14(20)17-9-5-8-12(17)13(18)19/h3-4,6-7,12H,2,5,8-9H2,1H3,(H,18,19)/t12-/m1/s1. The van der Waals surface area contributed by atoms with E-state index in [-0.39, 0.29) is 12.2 Å². The Hall–Kier alpha value is -2.11. The van der Waals surface area contributed by atoms with Crippen molar-refractivity contribution in [2.24, 2.45) is 0 Å². The molecule has 1 aromatic carbocycles. The Bertz CT molecular complexity index is 521. The van der Waals surface area contributed by atoms with Crippen LogP contribution < -0.4 is 4.90 Å². The number of para-hydroxylation sites is 1. The lowest BCUT2D eigenvalue weighted by Gasteiger charge is -2.29. The Morgan fingerprint density at radius 3 is 2.75 bits per heavy atom. The monoisotopic (exact) mass is 280 g/mol. The first-order valence-corrected chi connectivity index (χ1v) is 6.61. The summed E-state index contributed by atoms with van der Waals surface area (Å²) in [5.74, 6) is -1.51. The van der Waals surface area contributed by atoms with Crippen LogP contribution in [0.15, 0.2) is 24.3 Å². The van der Waals surface area contributed by atoms with Crippen molar-refractivity contribution in [1.29, 1.82) is 0 Å². The normalized spacial score (nSPS) is 18.1. The molecule has 1 atom stereocenters. The highest BCUT2D eigenvalue weighted by Crippen LogP contribution is 2.24. The summed E-state index contributed by atoms with van der Waals surface area (Å²) in [6.45, 7) is 2.40. The fourth-order valence-electron chi connectivity index (χ4n) is 2.49. The summed E-state index contributed by atoms with van der Waals surface area (Å²) in [4.78, 5) is 26.2. The third kappa shape index (κ3) is 2.59. The number of urea groups is 1. The Balaban J connectivity index is 2.26. The molecule has 0 aromatic heterocycles. The van der Waals surface area contributed by atoms with Gasteiger partial charge in [0, 0.05) is 13.1 Å². The van der Waals surface area contributed by atoms with Crippen LogP contribution in [0.25, 0.3) is 0 Å². The lowest BCUT2D eigenvalue weighted by Crippen LogP contribution is -2.48. The van der Waals surface area contributed by atoms with Gasteiger partial charge in [0.2, 0.25) is 0 Å². The van der Waals surface area contributed by atoms with Gasteiger partial charge in [-0.1, -0.05) is 12.1 Å². The summed E-state index contributed by atoms with van der Waals surface area (Å²) in [7, 11) is 0. The van der Waals surface area contributed by atoms with E-state index in [1.54, 1.807) is 19.1 Å². The second kappa shape index (κ2) is 5.90. The van der Waals surface area contributed by atoms with Gasteiger partial charge in [-0.05, 0) is 31.9 Å². The first-order valence-electron chi connectivity index (χ1n) is 6.61. The molecule has 0 unspecified atom stereocenters. The van der Waals surface area contributed by atoms with Crippen LogP contribution >= 0.6 is 0 Å². The van der Waals surface area contributed by atoms with E-state index in [4.69, 9.17) is 5.11 Å². The number of anilines is 1. The van der Waals surface area contributed by atoms with E-state index in [0.29, 0.717) is 19.4 Å². The predicted molar refractivity (Wildman–Crippen MR) is 72.2 cm³/mol. The second-order valence-corrected chi connectivity index (χ2v) is 4.67. The molecule has 2 rings (SSSR count). The third-order valence-corrected chi connectivity index (χ3v) is 3.47. The summed E-state index contributed by atoms with van der Waals surface area (Å²) in [6, 6.07) is 4.72. The van der Waals surface area contributed by atoms with Gasteiger partial charge in [0.15, 0.2) is 0 Å². The molecule has 1 heterocycles. The highest BCUT2D eigenvalue weighted by Gasteiger charge is 2.36. The number of carboxylic acids is 1. The average molecular weight is 280 g/mol. The number of rotatable bonds is 3. The number of amides is 2. The van der Waals surface area contributed by atoms with Gasteiger partial charge in [-0.25, -0.2) is 14.0 Å². The molecule has 1 saturated heterocycles. The highest BCUT2D eigenvalue weighted by atomic mass is 19.1. The quantitative estimate of drug-likeness (QED) is 0.924. The number of carboxylic acid groups (broad SMARTS) is 1. The molecule has 0 spiro atoms. The van der Waals surface area contributed by atoms with E-state index >= 15 is 0 Å². The van der Waals surface area contributed by atoms with Crippen molar-refractivity contribution < 1.29 is 19.1 Å². The molecule has 0 radical (unpaired) electrons. The maximum atomic E-state index is 13.8. The maximum Gasteiger partial charge on any atom is 0.326 e. The lowest BCUT2D eigenvalue weighted by atomic mass is 10.2. The third-order valence-electron chi connectivity index (χ3n) is 3.47. The van der Waals surface area contributed by atoms with Crippen molar-refractivity contribution in [1.82, 2.24) is 4.90 Å². The van der Waals surface area contributed by atoms with E-state index in [9.17, 15) is 14.0 Å². The number of halogens is 1. The summed E-state index contributed by atoms with van der Waals surface area (Å²) in [6.07, 6.45) is 1.09. The van der Waals surface area contributed by atoms with Crippen molar-refractivity contribution in [2.45, 2.75) is 25.8 Å². The van der Waals surface area contributed by atoms with Crippen LogP contribution in [0, 0.1) is 5.82 Å². The highest BCUT2D eigenvalue weighted by molar-refractivity contribution is 5.94. The molecule has 1 aromatic rings. The minimum absolute atomic E-state index is 0.177. The molecule has 0 saturated carbocycles. The minimum atomic E-state index is -1.01. The van der Waals surface area contributed by atoms with E-state index in [1.165, 1.54) is 21.9 Å². The largest absolute Gasteiger partial charge is 0.480 e. The van der Waals surface area contributed by atoms with Gasteiger partial charge in [-0.2, -0.15) is 0 Å². The Morgan fingerprint density at radius 1 is 1.45 bits per heavy atom. The number of carbonyl (C=O) groups is 2. The zero-order valence-corrected chi connectivity index (χ0v) is 11.3. The number of aliphatic carboxylic acids is 1. The fraction of sp³-hybridized carbons (Fsp3) is 0.429.